The lowest BCUT2D eigenvalue weighted by atomic mass is 9.98. The molecular weight excluding hydrogens is 490 g/mol. The summed E-state index contributed by atoms with van der Waals surface area (Å²) in [6.07, 6.45) is 2.02. The van der Waals surface area contributed by atoms with Crippen LogP contribution in [-0.2, 0) is 16.1 Å². The van der Waals surface area contributed by atoms with Gasteiger partial charge in [0.2, 0.25) is 0 Å². The second-order valence-electron chi connectivity index (χ2n) is 9.71. The fourth-order valence-corrected chi connectivity index (χ4v) is 5.56. The Morgan fingerprint density at radius 3 is 2.92 bits per heavy atom. The van der Waals surface area contributed by atoms with Crippen molar-refractivity contribution in [1.29, 1.82) is 0 Å². The molecule has 2 atom stereocenters. The maximum atomic E-state index is 11.1. The molecule has 1 aromatic heterocycles. The van der Waals surface area contributed by atoms with Crippen LogP contribution in [0.3, 0.4) is 0 Å². The normalized spacial score (nSPS) is 18.6. The van der Waals surface area contributed by atoms with Crippen LogP contribution in [0, 0.1) is 6.92 Å². The molecule has 2 aliphatic heterocycles. The van der Waals surface area contributed by atoms with E-state index in [1.165, 1.54) is 0 Å². The van der Waals surface area contributed by atoms with Crippen molar-refractivity contribution < 1.29 is 19.4 Å². The van der Waals surface area contributed by atoms with Crippen molar-refractivity contribution >= 4 is 34.3 Å². The molecule has 3 heterocycles. The number of anilines is 1. The first kappa shape index (κ1) is 23.8. The van der Waals surface area contributed by atoms with E-state index in [1.807, 2.05) is 36.4 Å². The number of hydrogen-bond acceptors (Lipinski definition) is 5. The van der Waals surface area contributed by atoms with Crippen molar-refractivity contribution in [2.75, 3.05) is 18.5 Å². The lowest BCUT2D eigenvalue weighted by Crippen LogP contribution is -2.10. The van der Waals surface area contributed by atoms with Gasteiger partial charge >= 0.3 is 5.97 Å². The van der Waals surface area contributed by atoms with E-state index in [4.69, 9.17) is 31.2 Å². The van der Waals surface area contributed by atoms with Gasteiger partial charge in [0.05, 0.1) is 29.7 Å². The summed E-state index contributed by atoms with van der Waals surface area (Å²) in [5.74, 6) is 0.759. The van der Waals surface area contributed by atoms with Gasteiger partial charge in [0.15, 0.2) is 0 Å². The Kier molecular flexibility index (Phi) is 6.26. The van der Waals surface area contributed by atoms with Crippen LogP contribution in [0.1, 0.15) is 53.8 Å². The van der Waals surface area contributed by atoms with E-state index in [-0.39, 0.29) is 18.4 Å². The van der Waals surface area contributed by atoms with Crippen LogP contribution in [-0.4, -0.2) is 33.8 Å². The molecule has 0 aliphatic carbocycles. The third kappa shape index (κ3) is 4.54. The predicted molar refractivity (Wildman–Crippen MR) is 143 cm³/mol. The van der Waals surface area contributed by atoms with Crippen LogP contribution >= 0.6 is 11.6 Å². The third-order valence-corrected chi connectivity index (χ3v) is 7.55. The van der Waals surface area contributed by atoms with Crippen molar-refractivity contribution in [2.24, 2.45) is 0 Å². The number of ether oxygens (including phenoxy) is 2. The number of carbonyl (C=O) groups is 1. The number of nitrogens with one attached hydrogen (secondary N) is 1. The van der Waals surface area contributed by atoms with Crippen LogP contribution in [0.15, 0.2) is 54.6 Å². The van der Waals surface area contributed by atoms with Gasteiger partial charge < -0.3 is 19.9 Å². The van der Waals surface area contributed by atoms with E-state index in [9.17, 15) is 4.79 Å². The number of fused-ring (bicyclic) bond motifs is 2. The minimum absolute atomic E-state index is 0.0382. The largest absolute Gasteiger partial charge is 0.493 e. The summed E-state index contributed by atoms with van der Waals surface area (Å²) in [4.78, 5) is 16.1. The van der Waals surface area contributed by atoms with Crippen LogP contribution < -0.4 is 10.1 Å². The Bertz CT molecular complexity index is 1490. The minimum atomic E-state index is -0.810. The zero-order valence-electron chi connectivity index (χ0n) is 20.5. The summed E-state index contributed by atoms with van der Waals surface area (Å²) in [5.41, 5.74) is 7.15. The van der Waals surface area contributed by atoms with Gasteiger partial charge in [0, 0.05) is 41.4 Å². The first-order chi connectivity index (χ1) is 18.0. The fourth-order valence-electron chi connectivity index (χ4n) is 5.39. The van der Waals surface area contributed by atoms with Gasteiger partial charge in [-0.25, -0.2) is 4.98 Å². The van der Waals surface area contributed by atoms with Crippen LogP contribution in [0.25, 0.3) is 16.7 Å². The van der Waals surface area contributed by atoms with Gasteiger partial charge in [-0.2, -0.15) is 0 Å². The van der Waals surface area contributed by atoms with E-state index in [1.54, 1.807) is 0 Å². The number of aliphatic carboxylic acids is 1. The molecule has 4 aromatic rings. The number of carboxylic acids is 1. The summed E-state index contributed by atoms with van der Waals surface area (Å²) in [6.45, 7) is 3.92. The number of imidazole rings is 1. The standard InChI is InChI=1S/C29H28ClN3O4/c1-17-18(15-31-21-8-9-22-19(12-28(34)35)16-37-27(22)14-21)4-2-5-24(17)33-25-10-7-20(30)13-23(25)32-29(33)26-6-3-11-36-26/h2,4-5,7-10,13-14,19,26,31H,3,6,11-12,15-16H2,1H3,(H,34,35)/t19-,26?/m1/s1. The molecule has 3 aromatic carbocycles. The van der Waals surface area contributed by atoms with Crippen LogP contribution in [0.5, 0.6) is 5.75 Å². The highest BCUT2D eigenvalue weighted by atomic mass is 35.5. The summed E-state index contributed by atoms with van der Waals surface area (Å²) in [6, 6.07) is 18.1. The van der Waals surface area contributed by atoms with Gasteiger partial charge in [-0.3, -0.25) is 9.36 Å². The fraction of sp³-hybridized carbons (Fsp3) is 0.310. The van der Waals surface area contributed by atoms with Crippen molar-refractivity contribution in [2.45, 2.75) is 44.8 Å². The van der Waals surface area contributed by atoms with Crippen molar-refractivity contribution in [3.05, 3.63) is 82.1 Å². The van der Waals surface area contributed by atoms with Crippen molar-refractivity contribution in [1.82, 2.24) is 9.55 Å². The second-order valence-corrected chi connectivity index (χ2v) is 10.1. The quantitative estimate of drug-likeness (QED) is 0.295. The van der Waals surface area contributed by atoms with Gasteiger partial charge in [0.25, 0.3) is 0 Å². The molecule has 6 rings (SSSR count). The van der Waals surface area contributed by atoms with E-state index in [0.717, 1.165) is 70.1 Å². The van der Waals surface area contributed by atoms with Gasteiger partial charge in [-0.05, 0) is 61.2 Å². The average Bonchev–Trinajstić information content (AvgIpc) is 3.62. The first-order valence-corrected chi connectivity index (χ1v) is 13.0. The lowest BCUT2D eigenvalue weighted by molar-refractivity contribution is -0.137. The monoisotopic (exact) mass is 517 g/mol. The van der Waals surface area contributed by atoms with Crippen molar-refractivity contribution in [3.63, 3.8) is 0 Å². The molecule has 8 heteroatoms. The maximum Gasteiger partial charge on any atom is 0.304 e. The van der Waals surface area contributed by atoms with Gasteiger partial charge in [0.1, 0.15) is 17.7 Å². The number of carboxylic acid groups (broad SMARTS) is 1. The van der Waals surface area contributed by atoms with Crippen LogP contribution in [0.2, 0.25) is 5.02 Å². The summed E-state index contributed by atoms with van der Waals surface area (Å²) in [5, 5.41) is 13.3. The Balaban J connectivity index is 1.30. The second kappa shape index (κ2) is 9.72. The lowest BCUT2D eigenvalue weighted by Gasteiger charge is -2.18. The number of benzene rings is 3. The summed E-state index contributed by atoms with van der Waals surface area (Å²) in [7, 11) is 0. The van der Waals surface area contributed by atoms with E-state index in [2.05, 4.69) is 35.0 Å². The maximum absolute atomic E-state index is 11.1. The van der Waals surface area contributed by atoms with E-state index in [0.29, 0.717) is 18.2 Å². The molecule has 0 amide bonds. The minimum Gasteiger partial charge on any atom is -0.493 e. The molecular formula is C29H28ClN3O4. The molecule has 0 radical (unpaired) electrons. The Labute approximate surface area is 220 Å². The number of nitrogens with zero attached hydrogens (tertiary/aromatic N) is 2. The molecule has 7 nitrogen and oxygen atoms in total. The average molecular weight is 518 g/mol. The summed E-state index contributed by atoms with van der Waals surface area (Å²) < 4.78 is 14.0. The van der Waals surface area contributed by atoms with Crippen LogP contribution in [0.4, 0.5) is 5.69 Å². The number of rotatable bonds is 7. The highest BCUT2D eigenvalue weighted by molar-refractivity contribution is 6.31. The smallest absolute Gasteiger partial charge is 0.304 e. The van der Waals surface area contributed by atoms with Gasteiger partial charge in [-0.1, -0.05) is 29.8 Å². The number of aromatic nitrogens is 2. The predicted octanol–water partition coefficient (Wildman–Crippen LogP) is 6.40. The zero-order chi connectivity index (χ0) is 25.5. The van der Waals surface area contributed by atoms with Crippen molar-refractivity contribution in [3.8, 4) is 11.4 Å². The highest BCUT2D eigenvalue weighted by Gasteiger charge is 2.27. The van der Waals surface area contributed by atoms with Gasteiger partial charge in [-0.15, -0.1) is 0 Å². The topological polar surface area (TPSA) is 85.6 Å². The number of halogens is 1. The molecule has 0 bridgehead atoms. The molecule has 190 valence electrons. The highest BCUT2D eigenvalue weighted by Crippen LogP contribution is 2.38. The Morgan fingerprint density at radius 2 is 2.11 bits per heavy atom. The SMILES string of the molecule is Cc1c(CNc2ccc3c(c2)OC[C@H]3CC(=O)O)cccc1-n1c(C2CCCO2)nc2cc(Cl)ccc21. The van der Waals surface area contributed by atoms with E-state index < -0.39 is 5.97 Å². The molecule has 37 heavy (non-hydrogen) atoms. The Hall–Kier alpha value is -3.55. The first-order valence-electron chi connectivity index (χ1n) is 12.6. The molecule has 1 unspecified atom stereocenters. The third-order valence-electron chi connectivity index (χ3n) is 7.32. The Morgan fingerprint density at radius 1 is 1.22 bits per heavy atom. The summed E-state index contributed by atoms with van der Waals surface area (Å²) >= 11 is 6.28. The van der Waals surface area contributed by atoms with E-state index >= 15 is 0 Å². The number of hydrogen-bond donors (Lipinski definition) is 2. The zero-order valence-corrected chi connectivity index (χ0v) is 21.3. The molecule has 2 N–H and O–H groups in total. The molecule has 0 spiro atoms. The molecule has 1 saturated heterocycles. The molecule has 2 aliphatic rings. The molecule has 1 fully saturated rings. The molecule has 0 saturated carbocycles.